The molecule has 0 radical (unpaired) electrons. The summed E-state index contributed by atoms with van der Waals surface area (Å²) in [6, 6.07) is 12.7. The van der Waals surface area contributed by atoms with Crippen LogP contribution < -0.4 is 25.4 Å². The molecule has 0 aliphatic carbocycles. The standard InChI is InChI=1S/C20H23F2N3O4/c1-28-16-8-4-15(5-9-16)25-20(27)24-13-11-18(26)23-12-10-14-2-6-17(7-3-14)29-19(21)22/h2-9,19H,10-13H2,1H3,(H,23,26)(H2,24,25,27). The van der Waals surface area contributed by atoms with Crippen LogP contribution in [0.15, 0.2) is 48.5 Å². The Labute approximate surface area is 167 Å². The summed E-state index contributed by atoms with van der Waals surface area (Å²) in [7, 11) is 1.56. The number of urea groups is 1. The highest BCUT2D eigenvalue weighted by Crippen LogP contribution is 2.15. The van der Waals surface area contributed by atoms with Crippen LogP contribution in [-0.2, 0) is 11.2 Å². The maximum Gasteiger partial charge on any atom is 0.387 e. The summed E-state index contributed by atoms with van der Waals surface area (Å²) in [5, 5.41) is 7.99. The van der Waals surface area contributed by atoms with Gasteiger partial charge in [-0.2, -0.15) is 8.78 Å². The lowest BCUT2D eigenvalue weighted by Crippen LogP contribution is -2.33. The summed E-state index contributed by atoms with van der Waals surface area (Å²) >= 11 is 0. The highest BCUT2D eigenvalue weighted by atomic mass is 19.3. The van der Waals surface area contributed by atoms with Gasteiger partial charge >= 0.3 is 12.6 Å². The molecule has 3 N–H and O–H groups in total. The first-order valence-electron chi connectivity index (χ1n) is 8.95. The van der Waals surface area contributed by atoms with E-state index in [9.17, 15) is 18.4 Å². The summed E-state index contributed by atoms with van der Waals surface area (Å²) in [5.74, 6) is 0.573. The molecule has 2 aromatic carbocycles. The monoisotopic (exact) mass is 407 g/mol. The maximum atomic E-state index is 12.1. The zero-order chi connectivity index (χ0) is 21.1. The van der Waals surface area contributed by atoms with Crippen LogP contribution in [0, 0.1) is 0 Å². The topological polar surface area (TPSA) is 88.7 Å². The van der Waals surface area contributed by atoms with Gasteiger partial charge in [-0.15, -0.1) is 0 Å². The van der Waals surface area contributed by atoms with E-state index >= 15 is 0 Å². The number of hydrogen-bond donors (Lipinski definition) is 3. The van der Waals surface area contributed by atoms with Crippen LogP contribution in [0.2, 0.25) is 0 Å². The molecular weight excluding hydrogens is 384 g/mol. The number of carbonyl (C=O) groups is 2. The van der Waals surface area contributed by atoms with Crippen LogP contribution in [-0.4, -0.2) is 38.7 Å². The fourth-order valence-electron chi connectivity index (χ4n) is 2.41. The average Bonchev–Trinajstić information content (AvgIpc) is 2.69. The molecule has 0 bridgehead atoms. The zero-order valence-electron chi connectivity index (χ0n) is 15.9. The molecule has 2 aromatic rings. The van der Waals surface area contributed by atoms with Crippen LogP contribution in [0.3, 0.4) is 0 Å². The number of anilines is 1. The second kappa shape index (κ2) is 11.5. The molecule has 0 aliphatic heterocycles. The number of carbonyl (C=O) groups excluding carboxylic acids is 2. The maximum absolute atomic E-state index is 12.1. The van der Waals surface area contributed by atoms with E-state index in [-0.39, 0.29) is 24.6 Å². The molecule has 9 heteroatoms. The van der Waals surface area contributed by atoms with Gasteiger partial charge < -0.3 is 25.4 Å². The Bertz CT molecular complexity index is 783. The first kappa shape index (κ1) is 21.9. The third-order valence-corrected chi connectivity index (χ3v) is 3.87. The molecule has 0 atom stereocenters. The second-order valence-corrected chi connectivity index (χ2v) is 5.98. The van der Waals surface area contributed by atoms with Crippen molar-refractivity contribution in [1.82, 2.24) is 10.6 Å². The molecule has 2 rings (SSSR count). The number of halogens is 2. The minimum Gasteiger partial charge on any atom is -0.497 e. The molecule has 156 valence electrons. The molecule has 3 amide bonds. The van der Waals surface area contributed by atoms with Crippen molar-refractivity contribution < 1.29 is 27.8 Å². The Morgan fingerprint density at radius 3 is 2.21 bits per heavy atom. The van der Waals surface area contributed by atoms with Crippen molar-refractivity contribution in [1.29, 1.82) is 0 Å². The van der Waals surface area contributed by atoms with Crippen LogP contribution in [0.4, 0.5) is 19.3 Å². The zero-order valence-corrected chi connectivity index (χ0v) is 15.9. The van der Waals surface area contributed by atoms with E-state index in [4.69, 9.17) is 4.74 Å². The molecule has 29 heavy (non-hydrogen) atoms. The lowest BCUT2D eigenvalue weighted by molar-refractivity contribution is -0.120. The third kappa shape index (κ3) is 8.46. The Morgan fingerprint density at radius 1 is 0.931 bits per heavy atom. The third-order valence-electron chi connectivity index (χ3n) is 3.87. The number of ether oxygens (including phenoxy) is 2. The van der Waals surface area contributed by atoms with Gasteiger partial charge in [0.15, 0.2) is 0 Å². The second-order valence-electron chi connectivity index (χ2n) is 5.98. The number of benzene rings is 2. The molecule has 7 nitrogen and oxygen atoms in total. The summed E-state index contributed by atoms with van der Waals surface area (Å²) in [6.07, 6.45) is 0.684. The van der Waals surface area contributed by atoms with E-state index in [1.165, 1.54) is 12.1 Å². The Morgan fingerprint density at radius 2 is 1.59 bits per heavy atom. The van der Waals surface area contributed by atoms with Gasteiger partial charge in [0.25, 0.3) is 0 Å². The van der Waals surface area contributed by atoms with E-state index in [0.29, 0.717) is 24.4 Å². The lowest BCUT2D eigenvalue weighted by atomic mass is 10.1. The van der Waals surface area contributed by atoms with Gasteiger partial charge in [0.2, 0.25) is 5.91 Å². The average molecular weight is 407 g/mol. The van der Waals surface area contributed by atoms with Crippen LogP contribution in [0.1, 0.15) is 12.0 Å². The summed E-state index contributed by atoms with van der Waals surface area (Å²) in [6.45, 7) is -2.27. The molecular formula is C20H23F2N3O4. The first-order valence-corrected chi connectivity index (χ1v) is 8.95. The van der Waals surface area contributed by atoms with E-state index in [0.717, 1.165) is 5.56 Å². The van der Waals surface area contributed by atoms with Crippen molar-refractivity contribution in [3.05, 3.63) is 54.1 Å². The number of amides is 3. The van der Waals surface area contributed by atoms with Gasteiger partial charge in [-0.1, -0.05) is 12.1 Å². The molecule has 0 aromatic heterocycles. The number of hydrogen-bond acceptors (Lipinski definition) is 4. The Kier molecular flexibility index (Phi) is 8.68. The van der Waals surface area contributed by atoms with Gasteiger partial charge in [0, 0.05) is 25.2 Å². The van der Waals surface area contributed by atoms with E-state index in [1.807, 2.05) is 0 Å². The molecule has 0 fully saturated rings. The quantitative estimate of drug-likeness (QED) is 0.565. The van der Waals surface area contributed by atoms with Crippen molar-refractivity contribution in [3.8, 4) is 11.5 Å². The van der Waals surface area contributed by atoms with Crippen LogP contribution in [0.5, 0.6) is 11.5 Å². The molecule has 0 heterocycles. The van der Waals surface area contributed by atoms with Crippen molar-refractivity contribution in [3.63, 3.8) is 0 Å². The van der Waals surface area contributed by atoms with Crippen molar-refractivity contribution in [2.24, 2.45) is 0 Å². The largest absolute Gasteiger partial charge is 0.497 e. The number of methoxy groups -OCH3 is 1. The summed E-state index contributed by atoms with van der Waals surface area (Å²) in [4.78, 5) is 23.6. The molecule has 0 unspecified atom stereocenters. The molecule has 0 saturated carbocycles. The van der Waals surface area contributed by atoms with E-state index in [1.54, 1.807) is 43.5 Å². The SMILES string of the molecule is COc1ccc(NC(=O)NCCC(=O)NCCc2ccc(OC(F)F)cc2)cc1. The Hall–Kier alpha value is -3.36. The minimum atomic E-state index is -2.85. The highest BCUT2D eigenvalue weighted by Gasteiger charge is 2.06. The minimum absolute atomic E-state index is 0.0896. The number of alkyl halides is 2. The fraction of sp³-hybridized carbons (Fsp3) is 0.300. The fourth-order valence-corrected chi connectivity index (χ4v) is 2.41. The van der Waals surface area contributed by atoms with Gasteiger partial charge in [-0.05, 0) is 48.4 Å². The van der Waals surface area contributed by atoms with Crippen molar-refractivity contribution in [2.45, 2.75) is 19.5 Å². The lowest BCUT2D eigenvalue weighted by Gasteiger charge is -2.09. The molecule has 0 aliphatic rings. The van der Waals surface area contributed by atoms with Gasteiger partial charge in [0.05, 0.1) is 7.11 Å². The van der Waals surface area contributed by atoms with Crippen LogP contribution >= 0.6 is 0 Å². The van der Waals surface area contributed by atoms with E-state index < -0.39 is 12.6 Å². The van der Waals surface area contributed by atoms with Crippen molar-refractivity contribution >= 4 is 17.6 Å². The predicted octanol–water partition coefficient (Wildman–Crippen LogP) is 3.17. The number of rotatable bonds is 10. The van der Waals surface area contributed by atoms with Gasteiger partial charge in [0.1, 0.15) is 11.5 Å². The first-order chi connectivity index (χ1) is 14.0. The predicted molar refractivity (Wildman–Crippen MR) is 104 cm³/mol. The normalized spacial score (nSPS) is 10.3. The smallest absolute Gasteiger partial charge is 0.387 e. The number of nitrogens with one attached hydrogen (secondary N) is 3. The van der Waals surface area contributed by atoms with Gasteiger partial charge in [-0.3, -0.25) is 4.79 Å². The highest BCUT2D eigenvalue weighted by molar-refractivity contribution is 5.89. The summed E-state index contributed by atoms with van der Waals surface area (Å²) in [5.41, 5.74) is 1.49. The molecule has 0 spiro atoms. The van der Waals surface area contributed by atoms with Crippen molar-refractivity contribution in [2.75, 3.05) is 25.5 Å². The molecule has 0 saturated heterocycles. The van der Waals surface area contributed by atoms with Crippen LogP contribution in [0.25, 0.3) is 0 Å². The van der Waals surface area contributed by atoms with E-state index in [2.05, 4.69) is 20.7 Å². The van der Waals surface area contributed by atoms with Gasteiger partial charge in [-0.25, -0.2) is 4.79 Å². The summed E-state index contributed by atoms with van der Waals surface area (Å²) < 4.78 is 33.5. The Balaban J connectivity index is 1.59.